The topological polar surface area (TPSA) is 77.2 Å². The van der Waals surface area contributed by atoms with Gasteiger partial charge in [-0.15, -0.1) is 0 Å². The highest BCUT2D eigenvalue weighted by atomic mass is 16.5. The molecule has 0 spiro atoms. The van der Waals surface area contributed by atoms with Gasteiger partial charge in [-0.2, -0.15) is 0 Å². The number of carbonyl (C=O) groups is 1. The molecule has 0 aliphatic heterocycles. The number of amides is 1. The van der Waals surface area contributed by atoms with Crippen molar-refractivity contribution in [1.82, 2.24) is 10.3 Å². The SMILES string of the molecule is Cc1ccc(CNC(=O)c2cccc(OCCN)c2)c2cccnc12. The summed E-state index contributed by atoms with van der Waals surface area (Å²) in [7, 11) is 0. The predicted octanol–water partition coefficient (Wildman–Crippen LogP) is 2.81. The molecule has 25 heavy (non-hydrogen) atoms. The van der Waals surface area contributed by atoms with Gasteiger partial charge in [-0.05, 0) is 42.3 Å². The summed E-state index contributed by atoms with van der Waals surface area (Å²) in [5, 5.41) is 4.02. The summed E-state index contributed by atoms with van der Waals surface area (Å²) in [6.45, 7) is 3.33. The molecule has 3 rings (SSSR count). The van der Waals surface area contributed by atoms with Gasteiger partial charge in [-0.3, -0.25) is 9.78 Å². The van der Waals surface area contributed by atoms with E-state index in [2.05, 4.69) is 10.3 Å². The van der Waals surface area contributed by atoms with Crippen molar-refractivity contribution in [2.45, 2.75) is 13.5 Å². The second-order valence-electron chi connectivity index (χ2n) is 5.79. The van der Waals surface area contributed by atoms with Gasteiger partial charge < -0.3 is 15.8 Å². The van der Waals surface area contributed by atoms with Crippen LogP contribution in [0.4, 0.5) is 0 Å². The van der Waals surface area contributed by atoms with Crippen LogP contribution >= 0.6 is 0 Å². The number of hydrogen-bond acceptors (Lipinski definition) is 4. The van der Waals surface area contributed by atoms with Gasteiger partial charge in [0.05, 0.1) is 5.52 Å². The maximum absolute atomic E-state index is 12.4. The van der Waals surface area contributed by atoms with E-state index >= 15 is 0 Å². The van der Waals surface area contributed by atoms with Crippen molar-refractivity contribution in [3.05, 3.63) is 71.4 Å². The Labute approximate surface area is 146 Å². The Balaban J connectivity index is 1.74. The molecule has 1 aromatic heterocycles. The Bertz CT molecular complexity index is 893. The number of nitrogens with zero attached hydrogens (tertiary/aromatic N) is 1. The molecule has 0 saturated heterocycles. The zero-order valence-electron chi connectivity index (χ0n) is 14.2. The van der Waals surface area contributed by atoms with Gasteiger partial charge in [0.1, 0.15) is 12.4 Å². The number of fused-ring (bicyclic) bond motifs is 1. The highest BCUT2D eigenvalue weighted by Gasteiger charge is 2.09. The maximum Gasteiger partial charge on any atom is 0.251 e. The number of ether oxygens (including phenoxy) is 1. The van der Waals surface area contributed by atoms with Crippen LogP contribution in [0.15, 0.2) is 54.7 Å². The summed E-state index contributed by atoms with van der Waals surface area (Å²) in [6.07, 6.45) is 1.78. The summed E-state index contributed by atoms with van der Waals surface area (Å²) >= 11 is 0. The van der Waals surface area contributed by atoms with E-state index in [1.807, 2.05) is 37.3 Å². The van der Waals surface area contributed by atoms with E-state index in [-0.39, 0.29) is 5.91 Å². The average Bonchev–Trinajstić information content (AvgIpc) is 2.66. The Kier molecular flexibility index (Phi) is 5.26. The predicted molar refractivity (Wildman–Crippen MR) is 98.6 cm³/mol. The standard InChI is InChI=1S/C20H21N3O2/c1-14-7-8-16(18-6-3-10-22-19(14)18)13-23-20(24)15-4-2-5-17(12-15)25-11-9-21/h2-8,10,12H,9,11,13,21H2,1H3,(H,23,24). The van der Waals surface area contributed by atoms with Crippen LogP contribution in [0.2, 0.25) is 0 Å². The first kappa shape index (κ1) is 16.9. The van der Waals surface area contributed by atoms with Crippen LogP contribution < -0.4 is 15.8 Å². The highest BCUT2D eigenvalue weighted by molar-refractivity contribution is 5.95. The van der Waals surface area contributed by atoms with Gasteiger partial charge in [-0.25, -0.2) is 0 Å². The number of aromatic nitrogens is 1. The van der Waals surface area contributed by atoms with E-state index in [0.29, 0.717) is 31.0 Å². The number of hydrogen-bond donors (Lipinski definition) is 2. The molecule has 0 bridgehead atoms. The fourth-order valence-corrected chi connectivity index (χ4v) is 2.71. The molecule has 1 amide bonds. The molecule has 0 aliphatic carbocycles. The normalized spacial score (nSPS) is 10.6. The fraction of sp³-hybridized carbons (Fsp3) is 0.200. The lowest BCUT2D eigenvalue weighted by Crippen LogP contribution is -2.23. The summed E-state index contributed by atoms with van der Waals surface area (Å²) in [5.41, 5.74) is 9.12. The summed E-state index contributed by atoms with van der Waals surface area (Å²) in [5.74, 6) is 0.499. The third-order valence-corrected chi connectivity index (χ3v) is 3.98. The molecule has 3 N–H and O–H groups in total. The number of benzene rings is 2. The summed E-state index contributed by atoms with van der Waals surface area (Å²) in [4.78, 5) is 16.9. The van der Waals surface area contributed by atoms with Gasteiger partial charge in [0, 0.05) is 30.2 Å². The quantitative estimate of drug-likeness (QED) is 0.726. The third-order valence-electron chi connectivity index (χ3n) is 3.98. The Morgan fingerprint density at radius 3 is 2.92 bits per heavy atom. The molecular weight excluding hydrogens is 314 g/mol. The van der Waals surface area contributed by atoms with Crippen LogP contribution in [0, 0.1) is 6.92 Å². The largest absolute Gasteiger partial charge is 0.492 e. The molecule has 0 unspecified atom stereocenters. The monoisotopic (exact) mass is 335 g/mol. The molecule has 5 nitrogen and oxygen atoms in total. The van der Waals surface area contributed by atoms with Gasteiger partial charge in [0.2, 0.25) is 0 Å². The first-order valence-electron chi connectivity index (χ1n) is 8.23. The lowest BCUT2D eigenvalue weighted by molar-refractivity contribution is 0.0950. The molecule has 0 saturated carbocycles. The Morgan fingerprint density at radius 1 is 1.20 bits per heavy atom. The first-order chi connectivity index (χ1) is 12.2. The van der Waals surface area contributed by atoms with Crippen LogP contribution in [-0.4, -0.2) is 24.0 Å². The smallest absolute Gasteiger partial charge is 0.251 e. The summed E-state index contributed by atoms with van der Waals surface area (Å²) < 4.78 is 5.47. The molecule has 5 heteroatoms. The van der Waals surface area contributed by atoms with Crippen molar-refractivity contribution in [2.24, 2.45) is 5.73 Å². The van der Waals surface area contributed by atoms with E-state index in [1.165, 1.54) is 0 Å². The van der Waals surface area contributed by atoms with Gasteiger partial charge in [0.25, 0.3) is 5.91 Å². The van der Waals surface area contributed by atoms with Crippen molar-refractivity contribution >= 4 is 16.8 Å². The lowest BCUT2D eigenvalue weighted by Gasteiger charge is -2.10. The highest BCUT2D eigenvalue weighted by Crippen LogP contribution is 2.20. The molecule has 1 heterocycles. The molecule has 0 fully saturated rings. The van der Waals surface area contributed by atoms with E-state index in [9.17, 15) is 4.79 Å². The van der Waals surface area contributed by atoms with E-state index in [4.69, 9.17) is 10.5 Å². The van der Waals surface area contributed by atoms with E-state index in [1.54, 1.807) is 24.4 Å². The van der Waals surface area contributed by atoms with Crippen LogP contribution in [0.25, 0.3) is 10.9 Å². The second kappa shape index (κ2) is 7.77. The van der Waals surface area contributed by atoms with Gasteiger partial charge in [0.15, 0.2) is 0 Å². The van der Waals surface area contributed by atoms with Crippen LogP contribution in [-0.2, 0) is 6.54 Å². The van der Waals surface area contributed by atoms with Crippen LogP contribution in [0.1, 0.15) is 21.5 Å². The van der Waals surface area contributed by atoms with Crippen LogP contribution in [0.3, 0.4) is 0 Å². The number of nitrogens with two attached hydrogens (primary N) is 1. The van der Waals surface area contributed by atoms with Crippen molar-refractivity contribution in [1.29, 1.82) is 0 Å². The third kappa shape index (κ3) is 3.95. The van der Waals surface area contributed by atoms with Crippen LogP contribution in [0.5, 0.6) is 5.75 Å². The van der Waals surface area contributed by atoms with Crippen molar-refractivity contribution in [3.8, 4) is 5.75 Å². The van der Waals surface area contributed by atoms with E-state index < -0.39 is 0 Å². The number of pyridine rings is 1. The summed E-state index contributed by atoms with van der Waals surface area (Å²) in [6, 6.07) is 15.1. The van der Waals surface area contributed by atoms with Crippen molar-refractivity contribution in [2.75, 3.05) is 13.2 Å². The minimum Gasteiger partial charge on any atom is -0.492 e. The number of aryl methyl sites for hydroxylation is 1. The Hall–Kier alpha value is -2.92. The zero-order chi connectivity index (χ0) is 17.6. The molecule has 0 radical (unpaired) electrons. The van der Waals surface area contributed by atoms with Gasteiger partial charge in [-0.1, -0.05) is 24.3 Å². The van der Waals surface area contributed by atoms with Crippen molar-refractivity contribution < 1.29 is 9.53 Å². The second-order valence-corrected chi connectivity index (χ2v) is 5.79. The number of rotatable bonds is 6. The Morgan fingerprint density at radius 2 is 2.08 bits per heavy atom. The van der Waals surface area contributed by atoms with Crippen molar-refractivity contribution in [3.63, 3.8) is 0 Å². The molecule has 3 aromatic rings. The molecule has 2 aromatic carbocycles. The fourth-order valence-electron chi connectivity index (χ4n) is 2.71. The maximum atomic E-state index is 12.4. The average molecular weight is 335 g/mol. The van der Waals surface area contributed by atoms with Gasteiger partial charge >= 0.3 is 0 Å². The molecule has 0 aliphatic rings. The minimum absolute atomic E-state index is 0.143. The first-order valence-corrected chi connectivity index (χ1v) is 8.23. The number of nitrogens with one attached hydrogen (secondary N) is 1. The molecular formula is C20H21N3O2. The number of carbonyl (C=O) groups excluding carboxylic acids is 1. The molecule has 0 atom stereocenters. The van der Waals surface area contributed by atoms with E-state index in [0.717, 1.165) is 22.0 Å². The lowest BCUT2D eigenvalue weighted by atomic mass is 10.0. The zero-order valence-corrected chi connectivity index (χ0v) is 14.2. The minimum atomic E-state index is -0.143. The molecule has 128 valence electrons.